The molecular weight excluding hydrogens is 1460 g/mol. The van der Waals surface area contributed by atoms with E-state index in [1.54, 1.807) is 71.2 Å². The first kappa shape index (κ1) is 74.5. The second kappa shape index (κ2) is 31.3. The molecule has 0 saturated carbocycles. The third-order valence-corrected chi connectivity index (χ3v) is 17.0. The van der Waals surface area contributed by atoms with Crippen LogP contribution in [0.3, 0.4) is 0 Å². The molecule has 1 fully saturated rings. The number of primary amides is 1. The van der Waals surface area contributed by atoms with Crippen LogP contribution >= 0.6 is 0 Å². The standard InChI is InChI=1S/C66H76N8O18.Rb.Re/c1-10-46-59(82)45(78)23-37(90-46)27-89-60-49-21-36-22-50(60)92-48-16-13-35(19-30(48)5)58(81)56(73-62(84)42(74(8)9)17-28(2)3)66(88)68-40(25-51(67)79)61(83)71-55(36)65(87)72-54-34-11-14-43(76)39(20-34)52-38(24-44(77)32(7)57(52)80)41(26-75)69-63(85)53(70-64(54)86)31(6)33-12-15-47(91-49)29(4)18-33;;/h11-16,18-24,28,31,37,40-42,45-46,53-56,58-59,76-78,80-82H,10,17,25,27H2,1-9H3,(H2,67,79)(H,68,88)(H,69,85)(H,70,86)(H,71,83)(H,72,87)(H,73,84);;/q-2;+1;. The second-order valence-corrected chi connectivity index (χ2v) is 24.3. The summed E-state index contributed by atoms with van der Waals surface area (Å²) >= 11 is 0. The number of aliphatic hydroxyl groups is 3. The number of carbonyl (C=O) groups excluding carboxylic acids is 8. The molecule has 7 amide bonds. The summed E-state index contributed by atoms with van der Waals surface area (Å²) in [6.45, 7) is 11.4. The number of benzene rings is 5. The van der Waals surface area contributed by atoms with Crippen molar-refractivity contribution in [2.45, 2.75) is 146 Å². The summed E-state index contributed by atoms with van der Waals surface area (Å²) in [5, 5.41) is 84.1. The molecule has 6 aliphatic rings. The quantitative estimate of drug-likeness (QED) is 0.0744. The van der Waals surface area contributed by atoms with Gasteiger partial charge in [-0.2, -0.15) is 0 Å². The normalized spacial score (nSPS) is 24.8. The molecule has 0 aliphatic carbocycles. The molecule has 1 saturated heterocycles. The van der Waals surface area contributed by atoms with E-state index in [9.17, 15) is 54.6 Å². The molecule has 11 rings (SSSR count). The molecule has 5 aromatic rings. The van der Waals surface area contributed by atoms with E-state index >= 15 is 14.4 Å². The summed E-state index contributed by atoms with van der Waals surface area (Å²) in [5.74, 6) is -10.5. The smallest absolute Gasteiger partial charge is 0.540 e. The summed E-state index contributed by atoms with van der Waals surface area (Å²) in [7, 11) is 3.32. The molecule has 94 heavy (non-hydrogen) atoms. The number of nitrogens with two attached hydrogens (primary N) is 1. The van der Waals surface area contributed by atoms with Gasteiger partial charge in [0.1, 0.15) is 65.1 Å². The summed E-state index contributed by atoms with van der Waals surface area (Å²) < 4.78 is 26.3. The maximum atomic E-state index is 15.9. The molecule has 13 atom stereocenters. The van der Waals surface area contributed by atoms with Crippen LogP contribution in [-0.2, 0) is 63.5 Å². The predicted octanol–water partition coefficient (Wildman–Crippen LogP) is 0.230. The van der Waals surface area contributed by atoms with E-state index in [0.717, 1.165) is 12.1 Å². The number of amides is 7. The molecule has 5 aromatic carbocycles. The fourth-order valence-electron chi connectivity index (χ4n) is 11.8. The summed E-state index contributed by atoms with van der Waals surface area (Å²) in [6, 6.07) is 4.46. The van der Waals surface area contributed by atoms with Crippen LogP contribution in [0.2, 0.25) is 0 Å². The van der Waals surface area contributed by atoms with Gasteiger partial charge < -0.3 is 92.0 Å². The number of nitrogens with one attached hydrogen (secondary N) is 6. The van der Waals surface area contributed by atoms with Crippen LogP contribution < -0.4 is 110 Å². The van der Waals surface area contributed by atoms with Crippen LogP contribution in [0, 0.1) is 33.1 Å². The zero-order valence-electron chi connectivity index (χ0n) is 53.4. The molecule has 1 radical (unpaired) electrons. The van der Waals surface area contributed by atoms with Gasteiger partial charge in [0.15, 0.2) is 11.5 Å². The van der Waals surface area contributed by atoms with E-state index < -0.39 is 144 Å². The first-order valence-electron chi connectivity index (χ1n) is 30.0. The van der Waals surface area contributed by atoms with Crippen molar-refractivity contribution in [1.82, 2.24) is 36.8 Å². The number of nitrogens with zero attached hydrogens (tertiary/aromatic N) is 1. The Balaban J connectivity index is 0.00000625. The molecule has 11 bridgehead atoms. The number of hydrogen-bond acceptors (Lipinski definition) is 19. The third-order valence-electron chi connectivity index (χ3n) is 17.0. The number of aryl methyl sites for hydroxylation is 2. The summed E-state index contributed by atoms with van der Waals surface area (Å²) in [4.78, 5) is 118. The van der Waals surface area contributed by atoms with Gasteiger partial charge >= 0.3 is 58.2 Å². The molecule has 0 aromatic heterocycles. The average molecular weight is 1540 g/mol. The van der Waals surface area contributed by atoms with Gasteiger partial charge in [-0.15, -0.1) is 0 Å². The Labute approximate surface area is 605 Å². The molecule has 28 heteroatoms. The maximum Gasteiger partial charge on any atom is 1.00 e. The van der Waals surface area contributed by atoms with E-state index in [-0.39, 0.29) is 159 Å². The number of aliphatic hydroxyl groups excluding tert-OH is 3. The fraction of sp³-hybridized carbons (Fsp3) is 0.409. The van der Waals surface area contributed by atoms with Crippen LogP contribution in [0.1, 0.15) is 122 Å². The summed E-state index contributed by atoms with van der Waals surface area (Å²) in [6.07, 6.45) is -3.44. The zero-order chi connectivity index (χ0) is 66.9. The monoisotopic (exact) mass is 1540 g/mol. The third kappa shape index (κ3) is 16.2. The van der Waals surface area contributed by atoms with E-state index in [0.29, 0.717) is 29.5 Å². The van der Waals surface area contributed by atoms with E-state index in [1.807, 2.05) is 13.8 Å². The number of rotatable bonds is 12. The number of aromatic hydroxyl groups is 3. The molecule has 14 N–H and O–H groups in total. The number of phenols is 3. The fourth-order valence-corrected chi connectivity index (χ4v) is 11.8. The van der Waals surface area contributed by atoms with Crippen LogP contribution in [0.15, 0.2) is 72.8 Å². The molecule has 497 valence electrons. The number of ether oxygens (including phenoxy) is 4. The van der Waals surface area contributed by atoms with Gasteiger partial charge in [-0.1, -0.05) is 52.0 Å². The number of fused-ring (bicyclic) bond motifs is 15. The van der Waals surface area contributed by atoms with Crippen molar-refractivity contribution in [2.75, 3.05) is 20.7 Å². The molecule has 13 unspecified atom stereocenters. The van der Waals surface area contributed by atoms with Crippen molar-refractivity contribution in [1.29, 1.82) is 0 Å². The second-order valence-electron chi connectivity index (χ2n) is 24.3. The van der Waals surface area contributed by atoms with Gasteiger partial charge in [0.05, 0.1) is 31.3 Å². The Morgan fingerprint density at radius 1 is 0.745 bits per heavy atom. The van der Waals surface area contributed by atoms with Crippen molar-refractivity contribution in [3.8, 4) is 57.1 Å². The molecule has 0 spiro atoms. The van der Waals surface area contributed by atoms with Crippen LogP contribution in [-0.4, -0.2) is 152 Å². The Bertz CT molecular complexity index is 3740. The largest absolute Gasteiger partial charge is 1.00 e. The SMILES string of the molecule is CCC1OC(COc2c3cc4cc2Oc2ccc(cc2C)C(O)C(NC(=O)C(CC(C)C)N(C)C)C(=O)NC(CC(N)=O)C(=O)NC4C(=O)NC2C(=O)NC(C(=O)NC([C-]=O)c4cc(O)c(C)c(O)c4-c4cc2ccc4O)C(C)c2ccc(c(C)c2)O3)[CH-]C(O)C1O.[Rb+].[Re]. The van der Waals surface area contributed by atoms with E-state index in [2.05, 4.69) is 31.9 Å². The first-order chi connectivity index (χ1) is 43.6. The van der Waals surface area contributed by atoms with Crippen LogP contribution in [0.25, 0.3) is 11.1 Å². The van der Waals surface area contributed by atoms with Gasteiger partial charge in [0, 0.05) is 43.0 Å². The van der Waals surface area contributed by atoms with Gasteiger partial charge in [-0.05, 0) is 159 Å². The Kier molecular flexibility index (Phi) is 24.8. The molecule has 6 aliphatic heterocycles. The van der Waals surface area contributed by atoms with Crippen LogP contribution in [0.4, 0.5) is 0 Å². The maximum absolute atomic E-state index is 15.9. The van der Waals surface area contributed by atoms with Crippen molar-refractivity contribution in [3.05, 3.63) is 124 Å². The Morgan fingerprint density at radius 2 is 1.34 bits per heavy atom. The van der Waals surface area contributed by atoms with Crippen LogP contribution in [0.5, 0.6) is 46.0 Å². The first-order valence-corrected chi connectivity index (χ1v) is 30.0. The Morgan fingerprint density at radius 3 is 1.94 bits per heavy atom. The van der Waals surface area contributed by atoms with Gasteiger partial charge in [0.25, 0.3) is 0 Å². The summed E-state index contributed by atoms with van der Waals surface area (Å²) in [5.41, 5.74) is 5.86. The van der Waals surface area contributed by atoms with Gasteiger partial charge in [-0.25, -0.2) is 6.29 Å². The van der Waals surface area contributed by atoms with E-state index in [4.69, 9.17) is 24.7 Å². The average Bonchev–Trinajstić information content (AvgIpc) is 0.858. The number of likely N-dealkylation sites (N-methyl/N-ethyl adjacent to an activating group) is 1. The zero-order valence-corrected chi connectivity index (χ0v) is 61.0. The van der Waals surface area contributed by atoms with Crippen molar-refractivity contribution >= 4 is 47.6 Å². The van der Waals surface area contributed by atoms with E-state index in [1.165, 1.54) is 55.8 Å². The topological polar surface area (TPSA) is 396 Å². The minimum atomic E-state index is -2.07. The minimum absolute atomic E-state index is 0. The molecule has 6 heterocycles. The minimum Gasteiger partial charge on any atom is -0.540 e. The van der Waals surface area contributed by atoms with Crippen molar-refractivity contribution in [3.63, 3.8) is 0 Å². The van der Waals surface area contributed by atoms with Crippen molar-refractivity contribution < 1.29 is 167 Å². The van der Waals surface area contributed by atoms with Gasteiger partial charge in [-0.3, -0.25) is 44.9 Å². The number of carbonyl (C=O) groups is 7. The number of phenolic OH excluding ortho intramolecular Hbond substituents is 3. The molecule has 26 nitrogen and oxygen atoms in total. The predicted molar refractivity (Wildman–Crippen MR) is 330 cm³/mol. The Hall–Kier alpha value is -6.87. The van der Waals surface area contributed by atoms with Gasteiger partial charge in [0.2, 0.25) is 47.1 Å². The van der Waals surface area contributed by atoms with Crippen molar-refractivity contribution in [2.24, 2.45) is 11.7 Å². The molecular formula is C66H76N8O18RbRe-. The number of hydrogen-bond donors (Lipinski definition) is 13.